The van der Waals surface area contributed by atoms with Crippen molar-refractivity contribution in [3.63, 3.8) is 0 Å². The van der Waals surface area contributed by atoms with Gasteiger partial charge < -0.3 is 4.74 Å². The lowest BCUT2D eigenvalue weighted by Gasteiger charge is -2.08. The van der Waals surface area contributed by atoms with Crippen LogP contribution in [0.25, 0.3) is 11.1 Å². The molecular formula is C19H14ClFO. The fourth-order valence-corrected chi connectivity index (χ4v) is 2.35. The predicted molar refractivity (Wildman–Crippen MR) is 87.6 cm³/mol. The third-order valence-electron chi connectivity index (χ3n) is 3.34. The van der Waals surface area contributed by atoms with Gasteiger partial charge in [0.15, 0.2) is 0 Å². The molecule has 0 heterocycles. The molecule has 0 saturated carbocycles. The lowest BCUT2D eigenvalue weighted by Crippen LogP contribution is -1.94. The van der Waals surface area contributed by atoms with Gasteiger partial charge in [-0.25, -0.2) is 4.39 Å². The van der Waals surface area contributed by atoms with Crippen LogP contribution in [0.1, 0.15) is 5.56 Å². The second-order valence-corrected chi connectivity index (χ2v) is 5.36. The maximum atomic E-state index is 13.9. The Balaban J connectivity index is 1.72. The van der Waals surface area contributed by atoms with E-state index in [0.717, 1.165) is 16.9 Å². The summed E-state index contributed by atoms with van der Waals surface area (Å²) in [5, 5.41) is 0.393. The van der Waals surface area contributed by atoms with Gasteiger partial charge in [-0.15, -0.1) is 0 Å². The minimum absolute atomic E-state index is 0.328. The zero-order chi connectivity index (χ0) is 15.4. The van der Waals surface area contributed by atoms with Crippen molar-refractivity contribution in [3.05, 3.63) is 89.2 Å². The molecule has 3 aromatic carbocycles. The van der Waals surface area contributed by atoms with Gasteiger partial charge in [-0.2, -0.15) is 0 Å². The van der Waals surface area contributed by atoms with Gasteiger partial charge in [0, 0.05) is 10.6 Å². The van der Waals surface area contributed by atoms with Crippen molar-refractivity contribution < 1.29 is 9.13 Å². The molecule has 0 unspecified atom stereocenters. The van der Waals surface area contributed by atoms with Gasteiger partial charge in [-0.05, 0) is 41.5 Å². The van der Waals surface area contributed by atoms with Gasteiger partial charge in [0.05, 0.1) is 0 Å². The van der Waals surface area contributed by atoms with Gasteiger partial charge >= 0.3 is 0 Å². The fourth-order valence-electron chi connectivity index (χ4n) is 2.20. The Morgan fingerprint density at radius 3 is 2.27 bits per heavy atom. The van der Waals surface area contributed by atoms with E-state index in [-0.39, 0.29) is 5.82 Å². The Hall–Kier alpha value is -2.32. The molecule has 0 fully saturated rings. The molecule has 22 heavy (non-hydrogen) atoms. The molecule has 110 valence electrons. The second kappa shape index (κ2) is 6.63. The molecule has 0 aliphatic heterocycles. The minimum atomic E-state index is -0.328. The van der Waals surface area contributed by atoms with E-state index in [4.69, 9.17) is 16.3 Å². The molecule has 0 aromatic heterocycles. The number of benzene rings is 3. The predicted octanol–water partition coefficient (Wildman–Crippen LogP) is 5.73. The van der Waals surface area contributed by atoms with Crippen molar-refractivity contribution >= 4 is 11.6 Å². The molecule has 1 nitrogen and oxygen atoms in total. The molecule has 0 spiro atoms. The summed E-state index contributed by atoms with van der Waals surface area (Å²) < 4.78 is 19.6. The van der Waals surface area contributed by atoms with Crippen LogP contribution in [-0.2, 0) is 6.61 Å². The molecule has 0 N–H and O–H groups in total. The second-order valence-electron chi connectivity index (χ2n) is 4.92. The topological polar surface area (TPSA) is 9.23 Å². The van der Waals surface area contributed by atoms with E-state index in [1.54, 1.807) is 12.1 Å². The van der Waals surface area contributed by atoms with E-state index in [1.807, 2.05) is 54.6 Å². The Labute approximate surface area is 133 Å². The molecular weight excluding hydrogens is 299 g/mol. The van der Waals surface area contributed by atoms with Crippen molar-refractivity contribution in [1.29, 1.82) is 0 Å². The van der Waals surface area contributed by atoms with Crippen molar-refractivity contribution in [2.24, 2.45) is 0 Å². The summed E-state index contributed by atoms with van der Waals surface area (Å²) in [6, 6.07) is 22.0. The molecule has 3 aromatic rings. The van der Waals surface area contributed by atoms with E-state index < -0.39 is 0 Å². The number of hydrogen-bond acceptors (Lipinski definition) is 1. The van der Waals surface area contributed by atoms with Crippen molar-refractivity contribution in [2.45, 2.75) is 6.61 Å². The van der Waals surface area contributed by atoms with Crippen LogP contribution in [0.5, 0.6) is 5.75 Å². The van der Waals surface area contributed by atoms with E-state index >= 15 is 0 Å². The highest BCUT2D eigenvalue weighted by Crippen LogP contribution is 2.27. The zero-order valence-corrected chi connectivity index (χ0v) is 12.6. The Morgan fingerprint density at radius 2 is 1.59 bits per heavy atom. The fraction of sp³-hybridized carbons (Fsp3) is 0.0526. The van der Waals surface area contributed by atoms with E-state index in [0.29, 0.717) is 17.2 Å². The van der Waals surface area contributed by atoms with Gasteiger partial charge in [0.1, 0.15) is 18.2 Å². The van der Waals surface area contributed by atoms with E-state index in [1.165, 1.54) is 6.07 Å². The Bertz CT molecular complexity index is 754. The minimum Gasteiger partial charge on any atom is -0.489 e. The van der Waals surface area contributed by atoms with Crippen LogP contribution in [0, 0.1) is 5.82 Å². The van der Waals surface area contributed by atoms with Crippen molar-refractivity contribution in [3.8, 4) is 16.9 Å². The van der Waals surface area contributed by atoms with Gasteiger partial charge in [-0.3, -0.25) is 0 Å². The van der Waals surface area contributed by atoms with Crippen LogP contribution in [0.2, 0.25) is 5.02 Å². The molecule has 0 amide bonds. The summed E-state index contributed by atoms with van der Waals surface area (Å²) in [6.07, 6.45) is 0. The van der Waals surface area contributed by atoms with Crippen LogP contribution in [0.15, 0.2) is 72.8 Å². The summed E-state index contributed by atoms with van der Waals surface area (Å²) in [7, 11) is 0. The number of rotatable bonds is 4. The zero-order valence-electron chi connectivity index (χ0n) is 11.8. The summed E-state index contributed by atoms with van der Waals surface area (Å²) in [6.45, 7) is 0.509. The lowest BCUT2D eigenvalue weighted by molar-refractivity contribution is 0.306. The Morgan fingerprint density at radius 1 is 0.864 bits per heavy atom. The SMILES string of the molecule is Fc1cc(Cl)ccc1-c1ccc(OCc2ccccc2)cc1. The number of ether oxygens (including phenoxy) is 1. The average molecular weight is 313 g/mol. The maximum absolute atomic E-state index is 13.9. The molecule has 0 radical (unpaired) electrons. The first kappa shape index (κ1) is 14.6. The molecule has 0 saturated heterocycles. The lowest BCUT2D eigenvalue weighted by atomic mass is 10.1. The highest BCUT2D eigenvalue weighted by molar-refractivity contribution is 6.30. The monoisotopic (exact) mass is 312 g/mol. The smallest absolute Gasteiger partial charge is 0.132 e. The van der Waals surface area contributed by atoms with E-state index in [9.17, 15) is 4.39 Å². The number of halogens is 2. The van der Waals surface area contributed by atoms with Crippen LogP contribution < -0.4 is 4.74 Å². The quantitative estimate of drug-likeness (QED) is 0.598. The molecule has 0 atom stereocenters. The summed E-state index contributed by atoms with van der Waals surface area (Å²) in [4.78, 5) is 0. The Kier molecular flexibility index (Phi) is 4.40. The van der Waals surface area contributed by atoms with Crippen LogP contribution in [-0.4, -0.2) is 0 Å². The normalized spacial score (nSPS) is 10.5. The highest BCUT2D eigenvalue weighted by Gasteiger charge is 2.06. The molecule has 3 heteroatoms. The third-order valence-corrected chi connectivity index (χ3v) is 3.58. The van der Waals surface area contributed by atoms with Crippen LogP contribution in [0.4, 0.5) is 4.39 Å². The van der Waals surface area contributed by atoms with Crippen LogP contribution >= 0.6 is 11.6 Å². The van der Waals surface area contributed by atoms with E-state index in [2.05, 4.69) is 0 Å². The molecule has 0 aliphatic carbocycles. The molecule has 3 rings (SSSR count). The highest BCUT2D eigenvalue weighted by atomic mass is 35.5. The summed E-state index contributed by atoms with van der Waals surface area (Å²) in [5.41, 5.74) is 2.43. The number of hydrogen-bond donors (Lipinski definition) is 0. The molecule has 0 aliphatic rings. The van der Waals surface area contributed by atoms with Gasteiger partial charge in [0.2, 0.25) is 0 Å². The first-order valence-electron chi connectivity index (χ1n) is 6.94. The van der Waals surface area contributed by atoms with Gasteiger partial charge in [0.25, 0.3) is 0 Å². The average Bonchev–Trinajstić information content (AvgIpc) is 2.55. The van der Waals surface area contributed by atoms with Gasteiger partial charge in [-0.1, -0.05) is 54.1 Å². The third kappa shape index (κ3) is 3.46. The first-order chi connectivity index (χ1) is 10.7. The first-order valence-corrected chi connectivity index (χ1v) is 7.32. The van der Waals surface area contributed by atoms with Crippen molar-refractivity contribution in [1.82, 2.24) is 0 Å². The van der Waals surface area contributed by atoms with Crippen LogP contribution in [0.3, 0.4) is 0 Å². The standard InChI is InChI=1S/C19H14ClFO/c20-16-8-11-18(19(21)12-16)15-6-9-17(10-7-15)22-13-14-4-2-1-3-5-14/h1-12H,13H2. The summed E-state index contributed by atoms with van der Waals surface area (Å²) >= 11 is 5.77. The summed E-state index contributed by atoms with van der Waals surface area (Å²) in [5.74, 6) is 0.424. The van der Waals surface area contributed by atoms with Crippen molar-refractivity contribution in [2.75, 3.05) is 0 Å². The maximum Gasteiger partial charge on any atom is 0.132 e. The largest absolute Gasteiger partial charge is 0.489 e. The molecule has 0 bridgehead atoms.